The maximum Gasteiger partial charge on any atom is 0.272 e. The van der Waals surface area contributed by atoms with Gasteiger partial charge in [-0.05, 0) is 26.2 Å². The number of nitrogens with one attached hydrogen (secondary N) is 2. The maximum atomic E-state index is 12.8. The van der Waals surface area contributed by atoms with Crippen molar-refractivity contribution < 1.29 is 24.7 Å². The molecule has 1 heterocycles. The van der Waals surface area contributed by atoms with Crippen molar-refractivity contribution in [1.29, 1.82) is 0 Å². The van der Waals surface area contributed by atoms with E-state index in [0.717, 1.165) is 6.42 Å². The minimum absolute atomic E-state index is 0.214. The molecule has 0 aliphatic carbocycles. The standard InChI is InChI=1S/C15H27N3O5/c1-3-5-7-10(12(19)14(21)17-23)15(22)18-9-6-8-11(18)13(20)16-4-2/h10-12,19,23H,3-9H2,1-2H3,(H,16,20)(H,17,21)/t10-,11+,12+/m1/s1. The highest BCUT2D eigenvalue weighted by atomic mass is 16.5. The number of hydrogen-bond acceptors (Lipinski definition) is 5. The first-order valence-electron chi connectivity index (χ1n) is 8.18. The molecule has 4 N–H and O–H groups in total. The van der Waals surface area contributed by atoms with Crippen molar-refractivity contribution in [3.05, 3.63) is 0 Å². The predicted octanol–water partition coefficient (Wildman–Crippen LogP) is -0.214. The second-order valence-corrected chi connectivity index (χ2v) is 5.75. The van der Waals surface area contributed by atoms with E-state index in [0.29, 0.717) is 38.8 Å². The third kappa shape index (κ3) is 4.90. The van der Waals surface area contributed by atoms with E-state index < -0.39 is 29.9 Å². The molecule has 0 aromatic rings. The molecule has 132 valence electrons. The molecule has 8 nitrogen and oxygen atoms in total. The second-order valence-electron chi connectivity index (χ2n) is 5.75. The lowest BCUT2D eigenvalue weighted by Gasteiger charge is -2.29. The fraction of sp³-hybridized carbons (Fsp3) is 0.800. The largest absolute Gasteiger partial charge is 0.382 e. The molecule has 0 bridgehead atoms. The van der Waals surface area contributed by atoms with Gasteiger partial charge in [-0.25, -0.2) is 5.48 Å². The highest BCUT2D eigenvalue weighted by Gasteiger charge is 2.40. The molecular weight excluding hydrogens is 302 g/mol. The van der Waals surface area contributed by atoms with Crippen molar-refractivity contribution in [3.8, 4) is 0 Å². The summed E-state index contributed by atoms with van der Waals surface area (Å²) in [6, 6.07) is -0.559. The highest BCUT2D eigenvalue weighted by molar-refractivity contribution is 5.92. The van der Waals surface area contributed by atoms with E-state index in [1.165, 1.54) is 10.4 Å². The minimum atomic E-state index is -1.63. The van der Waals surface area contributed by atoms with Crippen molar-refractivity contribution in [1.82, 2.24) is 15.7 Å². The Balaban J connectivity index is 2.89. The van der Waals surface area contributed by atoms with E-state index in [2.05, 4.69) is 5.32 Å². The third-order valence-electron chi connectivity index (χ3n) is 4.14. The number of likely N-dealkylation sites (tertiary alicyclic amines) is 1. The van der Waals surface area contributed by atoms with Gasteiger partial charge in [0, 0.05) is 13.1 Å². The number of nitrogens with zero attached hydrogens (tertiary/aromatic N) is 1. The number of likely N-dealkylation sites (N-methyl/N-ethyl adjacent to an activating group) is 1. The lowest BCUT2D eigenvalue weighted by atomic mass is 9.93. The van der Waals surface area contributed by atoms with Crippen molar-refractivity contribution in [2.75, 3.05) is 13.1 Å². The van der Waals surface area contributed by atoms with Gasteiger partial charge in [0.25, 0.3) is 5.91 Å². The van der Waals surface area contributed by atoms with Gasteiger partial charge in [-0.2, -0.15) is 0 Å². The molecular formula is C15H27N3O5. The van der Waals surface area contributed by atoms with Crippen LogP contribution in [-0.4, -0.2) is 58.2 Å². The van der Waals surface area contributed by atoms with Gasteiger partial charge >= 0.3 is 0 Å². The van der Waals surface area contributed by atoms with Crippen LogP contribution in [0.2, 0.25) is 0 Å². The molecule has 1 saturated heterocycles. The van der Waals surface area contributed by atoms with Gasteiger partial charge in [-0.1, -0.05) is 19.8 Å². The molecule has 1 rings (SSSR count). The van der Waals surface area contributed by atoms with Gasteiger partial charge in [-0.3, -0.25) is 19.6 Å². The number of carbonyl (C=O) groups is 3. The van der Waals surface area contributed by atoms with E-state index in [-0.39, 0.29) is 5.91 Å². The fourth-order valence-electron chi connectivity index (χ4n) is 2.90. The van der Waals surface area contributed by atoms with Crippen LogP contribution in [0.3, 0.4) is 0 Å². The zero-order valence-electron chi connectivity index (χ0n) is 13.7. The summed E-state index contributed by atoms with van der Waals surface area (Å²) in [4.78, 5) is 37.8. The van der Waals surface area contributed by atoms with Gasteiger partial charge in [0.2, 0.25) is 11.8 Å². The van der Waals surface area contributed by atoms with E-state index in [1.54, 1.807) is 6.92 Å². The number of hydrogen-bond donors (Lipinski definition) is 4. The van der Waals surface area contributed by atoms with Gasteiger partial charge in [0.15, 0.2) is 0 Å². The number of rotatable bonds is 8. The molecule has 0 saturated carbocycles. The molecule has 0 radical (unpaired) electrons. The number of amides is 3. The summed E-state index contributed by atoms with van der Waals surface area (Å²) in [5.74, 6) is -2.60. The first-order chi connectivity index (χ1) is 11.0. The molecule has 0 spiro atoms. The quantitative estimate of drug-likeness (QED) is 0.363. The zero-order valence-corrected chi connectivity index (χ0v) is 13.7. The average Bonchev–Trinajstić information content (AvgIpc) is 3.03. The summed E-state index contributed by atoms with van der Waals surface area (Å²) < 4.78 is 0. The molecule has 1 aliphatic rings. The van der Waals surface area contributed by atoms with Crippen LogP contribution in [0.1, 0.15) is 46.0 Å². The Morgan fingerprint density at radius 2 is 2.00 bits per heavy atom. The van der Waals surface area contributed by atoms with E-state index in [4.69, 9.17) is 5.21 Å². The Kier molecular flexibility index (Phi) is 7.97. The van der Waals surface area contributed by atoms with Crippen LogP contribution < -0.4 is 10.8 Å². The summed E-state index contributed by atoms with van der Waals surface area (Å²) >= 11 is 0. The minimum Gasteiger partial charge on any atom is -0.382 e. The lowest BCUT2D eigenvalue weighted by molar-refractivity contribution is -0.152. The topological polar surface area (TPSA) is 119 Å². The molecule has 0 aromatic carbocycles. The highest BCUT2D eigenvalue weighted by Crippen LogP contribution is 2.24. The monoisotopic (exact) mass is 329 g/mol. The van der Waals surface area contributed by atoms with Crippen LogP contribution in [0.4, 0.5) is 0 Å². The predicted molar refractivity (Wildman–Crippen MR) is 82.4 cm³/mol. The normalized spacial score (nSPS) is 20.0. The van der Waals surface area contributed by atoms with Crippen LogP contribution in [-0.2, 0) is 14.4 Å². The zero-order chi connectivity index (χ0) is 17.4. The number of unbranched alkanes of at least 4 members (excludes halogenated alkanes) is 1. The maximum absolute atomic E-state index is 12.8. The van der Waals surface area contributed by atoms with E-state index in [9.17, 15) is 19.5 Å². The Morgan fingerprint density at radius 3 is 2.57 bits per heavy atom. The number of carbonyl (C=O) groups excluding carboxylic acids is 3. The van der Waals surface area contributed by atoms with Crippen molar-refractivity contribution in [2.24, 2.45) is 5.92 Å². The smallest absolute Gasteiger partial charge is 0.272 e. The molecule has 3 atom stereocenters. The number of aliphatic hydroxyl groups excluding tert-OH is 1. The fourth-order valence-corrected chi connectivity index (χ4v) is 2.90. The molecule has 23 heavy (non-hydrogen) atoms. The second kappa shape index (κ2) is 9.46. The van der Waals surface area contributed by atoms with E-state index in [1.807, 2.05) is 6.92 Å². The Labute approximate surface area is 136 Å². The van der Waals surface area contributed by atoms with Crippen molar-refractivity contribution in [2.45, 2.75) is 58.1 Å². The summed E-state index contributed by atoms with van der Waals surface area (Å²) in [6.45, 7) is 4.65. The van der Waals surface area contributed by atoms with Gasteiger partial charge in [0.05, 0.1) is 5.92 Å². The summed E-state index contributed by atoms with van der Waals surface area (Å²) in [6.07, 6.45) is 1.43. The van der Waals surface area contributed by atoms with E-state index >= 15 is 0 Å². The molecule has 0 unspecified atom stereocenters. The first-order valence-corrected chi connectivity index (χ1v) is 8.18. The van der Waals surface area contributed by atoms with Crippen LogP contribution in [0.15, 0.2) is 0 Å². The third-order valence-corrected chi connectivity index (χ3v) is 4.14. The first kappa shape index (κ1) is 19.4. The molecule has 8 heteroatoms. The Morgan fingerprint density at radius 1 is 1.30 bits per heavy atom. The average molecular weight is 329 g/mol. The number of hydroxylamine groups is 1. The summed E-state index contributed by atoms with van der Waals surface area (Å²) in [5.41, 5.74) is 1.38. The molecule has 0 aromatic heterocycles. The van der Waals surface area contributed by atoms with Crippen molar-refractivity contribution >= 4 is 17.7 Å². The van der Waals surface area contributed by atoms with Crippen LogP contribution in [0.25, 0.3) is 0 Å². The van der Waals surface area contributed by atoms with Crippen LogP contribution in [0, 0.1) is 5.92 Å². The molecule has 1 aliphatic heterocycles. The Bertz CT molecular complexity index is 429. The summed E-state index contributed by atoms with van der Waals surface area (Å²) in [5, 5.41) is 21.4. The summed E-state index contributed by atoms with van der Waals surface area (Å²) in [7, 11) is 0. The SMILES string of the molecule is CCCC[C@@H](C(=O)N1CCC[C@H]1C(=O)NCC)[C@H](O)C(=O)NO. The lowest BCUT2D eigenvalue weighted by Crippen LogP contribution is -2.51. The Hall–Kier alpha value is -1.67. The van der Waals surface area contributed by atoms with Gasteiger partial charge in [-0.15, -0.1) is 0 Å². The molecule has 3 amide bonds. The van der Waals surface area contributed by atoms with Crippen LogP contribution in [0.5, 0.6) is 0 Å². The molecule has 1 fully saturated rings. The number of aliphatic hydroxyl groups is 1. The van der Waals surface area contributed by atoms with Gasteiger partial charge in [0.1, 0.15) is 12.1 Å². The van der Waals surface area contributed by atoms with Crippen molar-refractivity contribution in [3.63, 3.8) is 0 Å². The van der Waals surface area contributed by atoms with Gasteiger partial charge < -0.3 is 15.3 Å². The van der Waals surface area contributed by atoms with Crippen LogP contribution >= 0.6 is 0 Å².